The van der Waals surface area contributed by atoms with Crippen molar-refractivity contribution in [3.8, 4) is 0 Å². The predicted molar refractivity (Wildman–Crippen MR) is 60.2 cm³/mol. The lowest BCUT2D eigenvalue weighted by Crippen LogP contribution is -2.46. The molecule has 2 heterocycles. The zero-order valence-corrected chi connectivity index (χ0v) is 9.87. The molecule has 1 fully saturated rings. The first-order chi connectivity index (χ1) is 8.05. The molecule has 8 heteroatoms. The summed E-state index contributed by atoms with van der Waals surface area (Å²) < 4.78 is 27.3. The second-order valence-corrected chi connectivity index (χ2v) is 6.13. The van der Waals surface area contributed by atoms with E-state index in [0.29, 0.717) is 12.4 Å². The monoisotopic (exact) mass is 259 g/mol. The highest BCUT2D eigenvalue weighted by Crippen LogP contribution is 2.07. The number of hydrogen-bond donors (Lipinski definition) is 2. The van der Waals surface area contributed by atoms with Gasteiger partial charge in [0.05, 0.1) is 11.5 Å². The first-order valence-corrected chi connectivity index (χ1v) is 7.01. The van der Waals surface area contributed by atoms with E-state index in [2.05, 4.69) is 20.3 Å². The smallest absolute Gasteiger partial charge is 0.227 e. The third kappa shape index (κ3) is 3.53. The molecule has 0 bridgehead atoms. The van der Waals surface area contributed by atoms with Crippen molar-refractivity contribution in [2.75, 3.05) is 23.4 Å². The molecule has 1 unspecified atom stereocenters. The average molecular weight is 259 g/mol. The number of carbonyl (C=O) groups excluding carboxylic acids is 1. The molecule has 1 aliphatic rings. The maximum Gasteiger partial charge on any atom is 0.227 e. The van der Waals surface area contributed by atoms with Crippen molar-refractivity contribution in [2.45, 2.75) is 12.5 Å². The number of nitrogens with zero attached hydrogens (tertiary/aromatic N) is 1. The van der Waals surface area contributed by atoms with Crippen LogP contribution in [0.3, 0.4) is 0 Å². The Balaban J connectivity index is 1.86. The molecule has 1 saturated heterocycles. The summed E-state index contributed by atoms with van der Waals surface area (Å²) >= 11 is 0. The van der Waals surface area contributed by atoms with Crippen molar-refractivity contribution >= 4 is 21.6 Å². The van der Waals surface area contributed by atoms with E-state index >= 15 is 0 Å². The molecule has 1 atom stereocenters. The summed E-state index contributed by atoms with van der Waals surface area (Å²) in [5.74, 6) is 0.176. The van der Waals surface area contributed by atoms with Crippen LogP contribution in [0.4, 0.5) is 5.82 Å². The van der Waals surface area contributed by atoms with Crippen LogP contribution in [-0.2, 0) is 14.6 Å². The van der Waals surface area contributed by atoms with E-state index in [4.69, 9.17) is 0 Å². The summed E-state index contributed by atoms with van der Waals surface area (Å²) in [6.45, 7) is 0.393. The van der Waals surface area contributed by atoms with Gasteiger partial charge in [0.1, 0.15) is 6.26 Å². The van der Waals surface area contributed by atoms with Crippen molar-refractivity contribution < 1.29 is 17.7 Å². The Morgan fingerprint density at radius 3 is 3.12 bits per heavy atom. The van der Waals surface area contributed by atoms with Gasteiger partial charge in [-0.15, -0.1) is 0 Å². The van der Waals surface area contributed by atoms with Gasteiger partial charge in [0.15, 0.2) is 15.7 Å². The fraction of sp³-hybridized carbons (Fsp3) is 0.556. The summed E-state index contributed by atoms with van der Waals surface area (Å²) in [4.78, 5) is 11.6. The first-order valence-electron chi connectivity index (χ1n) is 5.19. The molecule has 0 radical (unpaired) electrons. The van der Waals surface area contributed by atoms with Crippen LogP contribution in [0.25, 0.3) is 0 Å². The number of anilines is 1. The number of hydrogen-bond acceptors (Lipinski definition) is 6. The average Bonchev–Trinajstić information content (AvgIpc) is 2.68. The molecular formula is C9H13N3O4S. The number of aromatic nitrogens is 1. The number of amides is 1. The molecule has 17 heavy (non-hydrogen) atoms. The van der Waals surface area contributed by atoms with Crippen molar-refractivity contribution in [1.82, 2.24) is 10.5 Å². The van der Waals surface area contributed by atoms with Crippen LogP contribution in [-0.4, -0.2) is 43.6 Å². The van der Waals surface area contributed by atoms with E-state index in [0.717, 1.165) is 0 Å². The van der Waals surface area contributed by atoms with Crippen LogP contribution < -0.4 is 10.6 Å². The largest absolute Gasteiger partial charge is 0.363 e. The third-order valence-electron chi connectivity index (χ3n) is 2.44. The lowest BCUT2D eigenvalue weighted by Gasteiger charge is -2.22. The van der Waals surface area contributed by atoms with E-state index in [9.17, 15) is 13.2 Å². The molecule has 1 aliphatic heterocycles. The number of carbonyl (C=O) groups is 1. The zero-order valence-electron chi connectivity index (χ0n) is 9.05. The Bertz CT molecular complexity index is 482. The third-order valence-corrected chi connectivity index (χ3v) is 4.17. The van der Waals surface area contributed by atoms with Gasteiger partial charge in [0.2, 0.25) is 5.91 Å². The van der Waals surface area contributed by atoms with E-state index in [1.807, 2.05) is 0 Å². The van der Waals surface area contributed by atoms with Gasteiger partial charge in [-0.2, -0.15) is 0 Å². The standard InChI is InChI=1S/C9H13N3O4S/c13-9(11-8-1-3-16-12-8)5-7-6-17(14,15)4-2-10-7/h1,3,7,10H,2,4-6H2,(H,11,12,13). The molecule has 2 rings (SSSR count). The van der Waals surface area contributed by atoms with Gasteiger partial charge >= 0.3 is 0 Å². The normalized spacial score (nSPS) is 23.2. The second kappa shape index (κ2) is 4.84. The SMILES string of the molecule is O=C(CC1CS(=O)(=O)CCN1)Nc1ccon1. The lowest BCUT2D eigenvalue weighted by molar-refractivity contribution is -0.116. The zero-order chi connectivity index (χ0) is 12.3. The molecule has 0 spiro atoms. The van der Waals surface area contributed by atoms with Gasteiger partial charge in [-0.05, 0) is 0 Å². The lowest BCUT2D eigenvalue weighted by atomic mass is 10.2. The summed E-state index contributed by atoms with van der Waals surface area (Å²) in [6.07, 6.45) is 1.45. The number of sulfone groups is 1. The van der Waals surface area contributed by atoms with Gasteiger partial charge in [-0.25, -0.2) is 8.42 Å². The van der Waals surface area contributed by atoms with E-state index in [1.165, 1.54) is 12.3 Å². The van der Waals surface area contributed by atoms with Crippen LogP contribution in [0.5, 0.6) is 0 Å². The summed E-state index contributed by atoms with van der Waals surface area (Å²) in [5, 5.41) is 9.05. The van der Waals surface area contributed by atoms with Gasteiger partial charge in [0, 0.05) is 25.1 Å². The Labute approximate surface area is 98.5 Å². The van der Waals surface area contributed by atoms with Gasteiger partial charge < -0.3 is 15.2 Å². The fourth-order valence-electron chi connectivity index (χ4n) is 1.69. The minimum absolute atomic E-state index is 0.000758. The first kappa shape index (κ1) is 12.1. The Morgan fingerprint density at radius 1 is 1.65 bits per heavy atom. The van der Waals surface area contributed by atoms with Crippen molar-refractivity contribution in [3.05, 3.63) is 12.3 Å². The van der Waals surface area contributed by atoms with Gasteiger partial charge in [-0.1, -0.05) is 5.16 Å². The van der Waals surface area contributed by atoms with E-state index in [-0.39, 0.29) is 29.9 Å². The minimum atomic E-state index is -3.02. The Kier molecular flexibility index (Phi) is 3.43. The summed E-state index contributed by atoms with van der Waals surface area (Å²) in [6, 6.07) is 1.18. The highest BCUT2D eigenvalue weighted by Gasteiger charge is 2.26. The number of rotatable bonds is 3. The quantitative estimate of drug-likeness (QED) is 0.751. The molecule has 1 aromatic rings. The molecule has 0 aromatic carbocycles. The summed E-state index contributed by atoms with van der Waals surface area (Å²) in [7, 11) is -3.02. The molecule has 1 aromatic heterocycles. The van der Waals surface area contributed by atoms with Crippen molar-refractivity contribution in [3.63, 3.8) is 0 Å². The molecule has 0 aliphatic carbocycles. The van der Waals surface area contributed by atoms with Crippen LogP contribution in [0, 0.1) is 0 Å². The van der Waals surface area contributed by atoms with Crippen LogP contribution >= 0.6 is 0 Å². The van der Waals surface area contributed by atoms with Crippen molar-refractivity contribution in [2.24, 2.45) is 0 Å². The fourth-order valence-corrected chi connectivity index (χ4v) is 3.14. The molecular weight excluding hydrogens is 246 g/mol. The van der Waals surface area contributed by atoms with Crippen LogP contribution in [0.15, 0.2) is 16.9 Å². The van der Waals surface area contributed by atoms with Crippen LogP contribution in [0.1, 0.15) is 6.42 Å². The maximum atomic E-state index is 11.6. The molecule has 1 amide bonds. The molecule has 94 valence electrons. The van der Waals surface area contributed by atoms with Crippen molar-refractivity contribution in [1.29, 1.82) is 0 Å². The topological polar surface area (TPSA) is 101 Å². The van der Waals surface area contributed by atoms with E-state index < -0.39 is 9.84 Å². The molecule has 0 saturated carbocycles. The molecule has 7 nitrogen and oxygen atoms in total. The van der Waals surface area contributed by atoms with Crippen LogP contribution in [0.2, 0.25) is 0 Å². The Morgan fingerprint density at radius 2 is 2.47 bits per heavy atom. The number of nitrogens with one attached hydrogen (secondary N) is 2. The highest BCUT2D eigenvalue weighted by atomic mass is 32.2. The summed E-state index contributed by atoms with van der Waals surface area (Å²) in [5.41, 5.74) is 0. The maximum absolute atomic E-state index is 11.6. The molecule has 2 N–H and O–H groups in total. The Hall–Kier alpha value is -1.41. The second-order valence-electron chi connectivity index (χ2n) is 3.90. The van der Waals surface area contributed by atoms with Gasteiger partial charge in [-0.3, -0.25) is 4.79 Å². The van der Waals surface area contributed by atoms with E-state index in [1.54, 1.807) is 0 Å². The highest BCUT2D eigenvalue weighted by molar-refractivity contribution is 7.91. The predicted octanol–water partition coefficient (Wildman–Crippen LogP) is -0.610. The van der Waals surface area contributed by atoms with Gasteiger partial charge in [0.25, 0.3) is 0 Å². The minimum Gasteiger partial charge on any atom is -0.363 e.